The number of pyridine rings is 2. The number of nitrogens with zero attached hydrogens (tertiary/aromatic N) is 6. The van der Waals surface area contributed by atoms with Gasteiger partial charge in [-0.2, -0.15) is 4.98 Å². The average molecular weight is 528 g/mol. The van der Waals surface area contributed by atoms with Crippen molar-refractivity contribution >= 4 is 47.1 Å². The molecule has 2 N–H and O–H groups in total. The lowest BCUT2D eigenvalue weighted by Gasteiger charge is -2.24. The van der Waals surface area contributed by atoms with Crippen molar-refractivity contribution in [1.82, 2.24) is 19.9 Å². The molecule has 37 heavy (non-hydrogen) atoms. The minimum absolute atomic E-state index is 0. The van der Waals surface area contributed by atoms with Crippen molar-refractivity contribution in [2.75, 3.05) is 54.5 Å². The Morgan fingerprint density at radius 2 is 1.97 bits per heavy atom. The molecule has 1 atom stereocenters. The number of halogens is 1. The number of carbonyl (C=O) groups is 1. The van der Waals surface area contributed by atoms with Gasteiger partial charge in [0.1, 0.15) is 6.26 Å². The molecule has 6 heterocycles. The van der Waals surface area contributed by atoms with E-state index < -0.39 is 12.0 Å². The van der Waals surface area contributed by atoms with Gasteiger partial charge in [-0.15, -0.1) is 12.4 Å². The van der Waals surface area contributed by atoms with Crippen LogP contribution in [0.25, 0.3) is 22.7 Å². The molecular formula is C24H26ClN7O5. The summed E-state index contributed by atoms with van der Waals surface area (Å²) in [5, 5.41) is 13.0. The quantitative estimate of drug-likeness (QED) is 0.395. The van der Waals surface area contributed by atoms with Gasteiger partial charge in [-0.3, -0.25) is 9.78 Å². The molecule has 0 unspecified atom stereocenters. The van der Waals surface area contributed by atoms with Gasteiger partial charge in [-0.05, 0) is 25.5 Å². The number of nitrogens with one attached hydrogen (secondary N) is 1. The molecule has 2 fully saturated rings. The maximum absolute atomic E-state index is 13.1. The van der Waals surface area contributed by atoms with E-state index in [1.807, 2.05) is 22.8 Å². The Morgan fingerprint density at radius 3 is 2.73 bits per heavy atom. The topological polar surface area (TPSA) is 143 Å². The lowest BCUT2D eigenvalue weighted by atomic mass is 10.2. The summed E-state index contributed by atoms with van der Waals surface area (Å²) in [5.41, 5.74) is 2.99. The zero-order valence-electron chi connectivity index (χ0n) is 20.1. The number of amides is 1. The monoisotopic (exact) mass is 527 g/mol. The van der Waals surface area contributed by atoms with E-state index in [2.05, 4.69) is 20.3 Å². The Kier molecular flexibility index (Phi) is 6.96. The van der Waals surface area contributed by atoms with Crippen LogP contribution in [0.5, 0.6) is 0 Å². The van der Waals surface area contributed by atoms with Crippen molar-refractivity contribution in [3.05, 3.63) is 42.0 Å². The zero-order valence-corrected chi connectivity index (χ0v) is 20.9. The minimum Gasteiger partial charge on any atom is -0.444 e. The van der Waals surface area contributed by atoms with Crippen LogP contribution in [0.1, 0.15) is 22.6 Å². The maximum atomic E-state index is 13.1. The van der Waals surface area contributed by atoms with Crippen molar-refractivity contribution in [2.45, 2.75) is 19.4 Å². The van der Waals surface area contributed by atoms with Crippen LogP contribution in [0.4, 0.5) is 17.5 Å². The minimum atomic E-state index is -0.464. The van der Waals surface area contributed by atoms with Crippen LogP contribution in [-0.2, 0) is 4.74 Å². The van der Waals surface area contributed by atoms with Crippen LogP contribution in [0.15, 0.2) is 39.5 Å². The molecule has 0 aliphatic carbocycles. The second-order valence-electron chi connectivity index (χ2n) is 8.84. The molecule has 0 saturated carbocycles. The van der Waals surface area contributed by atoms with E-state index in [-0.39, 0.29) is 18.1 Å². The molecule has 2 saturated heterocycles. The van der Waals surface area contributed by atoms with Crippen molar-refractivity contribution in [2.24, 2.45) is 0 Å². The van der Waals surface area contributed by atoms with Crippen LogP contribution in [-0.4, -0.2) is 76.4 Å². The molecule has 0 spiro atoms. The summed E-state index contributed by atoms with van der Waals surface area (Å²) >= 11 is 0. The molecule has 13 heteroatoms. The Morgan fingerprint density at radius 1 is 1.14 bits per heavy atom. The molecule has 194 valence electrons. The smallest absolute Gasteiger partial charge is 0.300 e. The lowest BCUT2D eigenvalue weighted by Crippen LogP contribution is -2.36. The van der Waals surface area contributed by atoms with E-state index >= 15 is 0 Å². The van der Waals surface area contributed by atoms with Gasteiger partial charge in [0.2, 0.25) is 11.5 Å². The van der Waals surface area contributed by atoms with E-state index in [1.165, 1.54) is 6.26 Å². The fourth-order valence-corrected chi connectivity index (χ4v) is 4.38. The van der Waals surface area contributed by atoms with Gasteiger partial charge in [-0.25, -0.2) is 9.97 Å². The number of anilines is 3. The van der Waals surface area contributed by atoms with Crippen LogP contribution < -0.4 is 15.1 Å². The number of oxazole rings is 2. The summed E-state index contributed by atoms with van der Waals surface area (Å²) in [6.45, 7) is 5.43. The van der Waals surface area contributed by atoms with Crippen molar-refractivity contribution in [3.63, 3.8) is 0 Å². The molecule has 4 aromatic heterocycles. The molecular weight excluding hydrogens is 502 g/mol. The van der Waals surface area contributed by atoms with Gasteiger partial charge < -0.3 is 33.8 Å². The number of fused-ring (bicyclic) bond motifs is 1. The van der Waals surface area contributed by atoms with Gasteiger partial charge in [0.25, 0.3) is 11.9 Å². The predicted octanol–water partition coefficient (Wildman–Crippen LogP) is 2.66. The van der Waals surface area contributed by atoms with Gasteiger partial charge in [0, 0.05) is 49.7 Å². The molecule has 2 aliphatic heterocycles. The zero-order chi connectivity index (χ0) is 24.6. The van der Waals surface area contributed by atoms with Crippen LogP contribution in [0, 0.1) is 6.92 Å². The fraction of sp³-hybridized carbons (Fsp3) is 0.375. The third-order valence-corrected chi connectivity index (χ3v) is 6.22. The summed E-state index contributed by atoms with van der Waals surface area (Å²) in [4.78, 5) is 34.9. The number of hydrogen-bond donors (Lipinski definition) is 2. The highest BCUT2D eigenvalue weighted by molar-refractivity contribution is 6.05. The average Bonchev–Trinajstić information content (AvgIpc) is 3.63. The molecule has 0 aromatic carbocycles. The van der Waals surface area contributed by atoms with Gasteiger partial charge in [0.15, 0.2) is 17.1 Å². The lowest BCUT2D eigenvalue weighted by molar-refractivity contribution is 0.102. The third kappa shape index (κ3) is 5.08. The molecule has 0 radical (unpaired) electrons. The van der Waals surface area contributed by atoms with Crippen molar-refractivity contribution in [3.8, 4) is 11.5 Å². The molecule has 12 nitrogen and oxygen atoms in total. The summed E-state index contributed by atoms with van der Waals surface area (Å²) in [7, 11) is 0. The van der Waals surface area contributed by atoms with E-state index in [0.29, 0.717) is 80.5 Å². The third-order valence-electron chi connectivity index (χ3n) is 6.22. The SMILES string of the molecule is Cc1cc(-c2nc(C(=O)Nc3cc4oc(N5CCOCC5)nc4nc3N3CC[C@@H](O)C3)co2)ccn1.Cl. The second-order valence-corrected chi connectivity index (χ2v) is 8.84. The predicted molar refractivity (Wildman–Crippen MR) is 137 cm³/mol. The van der Waals surface area contributed by atoms with E-state index in [0.717, 1.165) is 11.3 Å². The Balaban J connectivity index is 0.00000280. The molecule has 1 amide bonds. The molecule has 6 rings (SSSR count). The number of carbonyl (C=O) groups excluding carboxylic acids is 1. The Bertz CT molecular complexity index is 1420. The van der Waals surface area contributed by atoms with Crippen LogP contribution in [0.3, 0.4) is 0 Å². The van der Waals surface area contributed by atoms with Gasteiger partial charge in [-0.1, -0.05) is 0 Å². The highest BCUT2D eigenvalue weighted by Gasteiger charge is 2.27. The number of ether oxygens (including phenoxy) is 1. The highest BCUT2D eigenvalue weighted by Crippen LogP contribution is 2.33. The first-order chi connectivity index (χ1) is 17.5. The number of hydrogen-bond acceptors (Lipinski definition) is 11. The first-order valence-electron chi connectivity index (χ1n) is 11.8. The highest BCUT2D eigenvalue weighted by atomic mass is 35.5. The van der Waals surface area contributed by atoms with Crippen molar-refractivity contribution < 1.29 is 23.5 Å². The summed E-state index contributed by atoms with van der Waals surface area (Å²) in [6.07, 6.45) is 3.13. The standard InChI is InChI=1S/C24H25N7O5.ClH/c1-14-10-15(2-4-25-14)23-27-18(13-35-23)22(33)26-17-11-19-20(28-21(17)31-5-3-16(32)12-31)29-24(36-19)30-6-8-34-9-7-30;/h2,4,10-11,13,16,32H,3,5-9,12H2,1H3,(H,26,33);1H/t16-;/m1./s1. The number of aliphatic hydroxyl groups excluding tert-OH is 1. The van der Waals surface area contributed by atoms with Crippen molar-refractivity contribution in [1.29, 1.82) is 0 Å². The second kappa shape index (κ2) is 10.3. The number of β-amino-alcohol motifs (C(OH)–C–C–N with tert-alkyl or cyclic N) is 1. The van der Waals surface area contributed by atoms with E-state index in [4.69, 9.17) is 18.6 Å². The maximum Gasteiger partial charge on any atom is 0.300 e. The number of morpholine rings is 1. The van der Waals surface area contributed by atoms with Gasteiger partial charge in [0.05, 0.1) is 25.0 Å². The molecule has 2 aliphatic rings. The van der Waals surface area contributed by atoms with Gasteiger partial charge >= 0.3 is 0 Å². The first-order valence-corrected chi connectivity index (χ1v) is 11.8. The summed E-state index contributed by atoms with van der Waals surface area (Å²) in [5.74, 6) is 0.390. The summed E-state index contributed by atoms with van der Waals surface area (Å²) in [6, 6.07) is 5.78. The Labute approximate surface area is 218 Å². The largest absolute Gasteiger partial charge is 0.444 e. The summed E-state index contributed by atoms with van der Waals surface area (Å²) < 4.78 is 16.9. The molecule has 0 bridgehead atoms. The number of rotatable bonds is 5. The number of aliphatic hydroxyl groups is 1. The Hall–Kier alpha value is -3.74. The first kappa shape index (κ1) is 24.9. The number of aryl methyl sites for hydroxylation is 1. The normalized spacial score (nSPS) is 17.7. The molecule has 4 aromatic rings. The van der Waals surface area contributed by atoms with Crippen LogP contribution >= 0.6 is 12.4 Å². The van der Waals surface area contributed by atoms with E-state index in [9.17, 15) is 9.90 Å². The number of aromatic nitrogens is 4. The van der Waals surface area contributed by atoms with Crippen LogP contribution in [0.2, 0.25) is 0 Å². The fourth-order valence-electron chi connectivity index (χ4n) is 4.38. The van der Waals surface area contributed by atoms with E-state index in [1.54, 1.807) is 18.3 Å².